The number of aromatic amines is 1. The van der Waals surface area contributed by atoms with Crippen LogP contribution in [-0.2, 0) is 0 Å². The maximum atomic E-state index is 14.0. The molecule has 2 aromatic heterocycles. The molecule has 0 aliphatic rings. The number of carbonyl (C=O) groups is 1. The fraction of sp³-hybridized carbons (Fsp3) is 0.343. The Morgan fingerprint density at radius 2 is 1.76 bits per heavy atom. The Balaban J connectivity index is 1.77. The highest BCUT2D eigenvalue weighted by atomic mass is 16.2. The van der Waals surface area contributed by atoms with Crippen LogP contribution in [0.15, 0.2) is 65.6 Å². The second-order valence-corrected chi connectivity index (χ2v) is 11.1. The fourth-order valence-electron chi connectivity index (χ4n) is 4.97. The molecule has 2 amide bonds. The van der Waals surface area contributed by atoms with Crippen LogP contribution < -0.4 is 21.5 Å². The number of carbonyl (C=O) groups excluding carboxylic acids is 1. The summed E-state index contributed by atoms with van der Waals surface area (Å²) in [6, 6.07) is 17.6. The summed E-state index contributed by atoms with van der Waals surface area (Å²) in [5.41, 5.74) is 12.0. The Kier molecular flexibility index (Phi) is 10.2. The maximum absolute atomic E-state index is 14.0. The molecule has 0 aliphatic heterocycles. The first-order valence-corrected chi connectivity index (χ1v) is 14.8. The van der Waals surface area contributed by atoms with E-state index in [0.29, 0.717) is 30.8 Å². The third-order valence-electron chi connectivity index (χ3n) is 7.24. The van der Waals surface area contributed by atoms with Crippen LogP contribution in [0.4, 0.5) is 16.2 Å². The second kappa shape index (κ2) is 14.0. The number of pyridine rings is 2. The van der Waals surface area contributed by atoms with E-state index in [2.05, 4.69) is 86.0 Å². The van der Waals surface area contributed by atoms with Crippen molar-refractivity contribution in [3.05, 3.63) is 87.8 Å². The molecule has 0 atom stereocenters. The van der Waals surface area contributed by atoms with Crippen molar-refractivity contribution in [2.75, 3.05) is 23.3 Å². The monoisotopic (exact) mass is 563 g/mol. The molecule has 0 bridgehead atoms. The average Bonchev–Trinajstić information content (AvgIpc) is 2.97. The smallest absolute Gasteiger partial charge is 0.326 e. The number of aromatic nitrogens is 2. The molecule has 7 heteroatoms. The molecule has 4 aromatic rings. The predicted molar refractivity (Wildman–Crippen MR) is 174 cm³/mol. The van der Waals surface area contributed by atoms with Crippen molar-refractivity contribution in [3.8, 4) is 23.0 Å². The summed E-state index contributed by atoms with van der Waals surface area (Å²) in [7, 11) is 0. The molecule has 218 valence electrons. The van der Waals surface area contributed by atoms with Gasteiger partial charge < -0.3 is 16.0 Å². The molecule has 0 unspecified atom stereocenters. The van der Waals surface area contributed by atoms with Gasteiger partial charge in [0.25, 0.3) is 5.56 Å². The van der Waals surface area contributed by atoms with Gasteiger partial charge in [-0.2, -0.15) is 0 Å². The van der Waals surface area contributed by atoms with Crippen LogP contribution >= 0.6 is 0 Å². The van der Waals surface area contributed by atoms with Gasteiger partial charge >= 0.3 is 6.03 Å². The predicted octanol–water partition coefficient (Wildman–Crippen LogP) is 7.38. The SMILES string of the molecule is CCCCN(C(=O)Nc1c(C(C)C)cc(-c2cccc(C#CCCN)c2)cc1C(C)C)c1cc2cccnc2[nH]c1=O. The third kappa shape index (κ3) is 7.07. The number of nitrogens with zero attached hydrogens (tertiary/aromatic N) is 2. The number of nitrogens with one attached hydrogen (secondary N) is 2. The van der Waals surface area contributed by atoms with Gasteiger partial charge in [-0.1, -0.05) is 65.0 Å². The molecule has 4 N–H and O–H groups in total. The summed E-state index contributed by atoms with van der Waals surface area (Å²) in [4.78, 5) is 35.8. The topological polar surface area (TPSA) is 104 Å². The maximum Gasteiger partial charge on any atom is 0.326 e. The van der Waals surface area contributed by atoms with E-state index in [-0.39, 0.29) is 23.4 Å². The first-order valence-electron chi connectivity index (χ1n) is 14.8. The molecule has 0 radical (unpaired) electrons. The van der Waals surface area contributed by atoms with Gasteiger partial charge in [0.05, 0.1) is 0 Å². The van der Waals surface area contributed by atoms with Crippen molar-refractivity contribution in [2.45, 2.75) is 65.7 Å². The fourth-order valence-corrected chi connectivity index (χ4v) is 4.97. The van der Waals surface area contributed by atoms with Gasteiger partial charge in [0.1, 0.15) is 11.3 Å². The number of urea groups is 1. The zero-order chi connectivity index (χ0) is 30.2. The first kappa shape index (κ1) is 30.5. The van der Waals surface area contributed by atoms with Crippen LogP contribution in [0.3, 0.4) is 0 Å². The number of rotatable bonds is 9. The molecule has 4 rings (SSSR count). The van der Waals surface area contributed by atoms with Gasteiger partial charge in [-0.25, -0.2) is 9.78 Å². The van der Waals surface area contributed by atoms with E-state index >= 15 is 0 Å². The molecule has 2 aromatic carbocycles. The largest absolute Gasteiger partial charge is 0.330 e. The summed E-state index contributed by atoms with van der Waals surface area (Å²) in [5.74, 6) is 6.61. The van der Waals surface area contributed by atoms with Gasteiger partial charge in [-0.05, 0) is 83.0 Å². The zero-order valence-electron chi connectivity index (χ0n) is 25.3. The number of benzene rings is 2. The van der Waals surface area contributed by atoms with Crippen molar-refractivity contribution in [1.29, 1.82) is 0 Å². The van der Waals surface area contributed by atoms with E-state index in [1.807, 2.05) is 24.3 Å². The van der Waals surface area contributed by atoms with Gasteiger partial charge in [0.15, 0.2) is 0 Å². The van der Waals surface area contributed by atoms with Crippen LogP contribution in [0.5, 0.6) is 0 Å². The third-order valence-corrected chi connectivity index (χ3v) is 7.24. The summed E-state index contributed by atoms with van der Waals surface area (Å²) < 4.78 is 0. The lowest BCUT2D eigenvalue weighted by molar-refractivity contribution is 0.256. The Morgan fingerprint density at radius 1 is 1.02 bits per heavy atom. The van der Waals surface area contributed by atoms with Crippen molar-refractivity contribution in [2.24, 2.45) is 5.73 Å². The van der Waals surface area contributed by atoms with Gasteiger partial charge in [-0.15, -0.1) is 0 Å². The Hall–Kier alpha value is -4.41. The van der Waals surface area contributed by atoms with E-state index < -0.39 is 0 Å². The number of nitrogens with two attached hydrogens (primary N) is 1. The minimum absolute atomic E-state index is 0.143. The number of fused-ring (bicyclic) bond motifs is 1. The summed E-state index contributed by atoms with van der Waals surface area (Å²) in [6.45, 7) is 11.5. The Morgan fingerprint density at radius 3 is 2.43 bits per heavy atom. The van der Waals surface area contributed by atoms with E-state index in [4.69, 9.17) is 5.73 Å². The number of hydrogen-bond acceptors (Lipinski definition) is 4. The normalized spacial score (nSPS) is 11.0. The molecule has 42 heavy (non-hydrogen) atoms. The van der Waals surface area contributed by atoms with Crippen molar-refractivity contribution >= 4 is 28.4 Å². The zero-order valence-corrected chi connectivity index (χ0v) is 25.3. The van der Waals surface area contributed by atoms with Crippen LogP contribution in [0, 0.1) is 11.8 Å². The highest BCUT2D eigenvalue weighted by Crippen LogP contribution is 2.37. The highest BCUT2D eigenvalue weighted by molar-refractivity contribution is 6.03. The standard InChI is InChI=1S/C35H41N5O2/c1-6-7-18-40(31-22-27-15-11-17-37-33(27)39-34(31)41)35(42)38-32-29(23(2)3)20-28(21-30(32)24(4)5)26-14-10-13-25(19-26)12-8-9-16-36/h10-11,13-15,17,19-24H,6-7,9,16,18,36H2,1-5H3,(H,38,42)(H,37,39,41). The minimum atomic E-state index is -0.342. The van der Waals surface area contributed by atoms with Crippen molar-refractivity contribution in [3.63, 3.8) is 0 Å². The Bertz CT molecular complexity index is 1650. The molecule has 7 nitrogen and oxygen atoms in total. The van der Waals surface area contributed by atoms with Crippen molar-refractivity contribution in [1.82, 2.24) is 9.97 Å². The number of hydrogen-bond donors (Lipinski definition) is 3. The first-order chi connectivity index (χ1) is 20.2. The van der Waals surface area contributed by atoms with Crippen LogP contribution in [-0.4, -0.2) is 29.1 Å². The molecule has 0 saturated heterocycles. The molecule has 0 aliphatic carbocycles. The molecular formula is C35H41N5O2. The number of unbranched alkanes of at least 4 members (excludes halogenated alkanes) is 1. The minimum Gasteiger partial charge on any atom is -0.330 e. The molecular weight excluding hydrogens is 522 g/mol. The summed E-state index contributed by atoms with van der Waals surface area (Å²) in [6.07, 6.45) is 3.94. The molecule has 2 heterocycles. The van der Waals surface area contributed by atoms with Crippen LogP contribution in [0.1, 0.15) is 82.4 Å². The summed E-state index contributed by atoms with van der Waals surface area (Å²) >= 11 is 0. The lowest BCUT2D eigenvalue weighted by Gasteiger charge is -2.27. The molecule has 0 fully saturated rings. The van der Waals surface area contributed by atoms with Crippen LogP contribution in [0.2, 0.25) is 0 Å². The Labute approximate surface area is 248 Å². The lowest BCUT2D eigenvalue weighted by atomic mass is 9.88. The quantitative estimate of drug-likeness (QED) is 0.185. The van der Waals surface area contributed by atoms with E-state index in [0.717, 1.165) is 51.7 Å². The number of amides is 2. The lowest BCUT2D eigenvalue weighted by Crippen LogP contribution is -2.39. The van der Waals surface area contributed by atoms with Gasteiger partial charge in [0.2, 0.25) is 0 Å². The molecule has 0 spiro atoms. The second-order valence-electron chi connectivity index (χ2n) is 11.1. The molecule has 0 saturated carbocycles. The van der Waals surface area contributed by atoms with Crippen molar-refractivity contribution < 1.29 is 4.79 Å². The van der Waals surface area contributed by atoms with Gasteiger partial charge in [-0.3, -0.25) is 9.69 Å². The van der Waals surface area contributed by atoms with Crippen LogP contribution in [0.25, 0.3) is 22.2 Å². The summed E-state index contributed by atoms with van der Waals surface area (Å²) in [5, 5.41) is 4.00. The van der Waals surface area contributed by atoms with E-state index in [1.54, 1.807) is 17.2 Å². The van der Waals surface area contributed by atoms with Gasteiger partial charge in [0, 0.05) is 42.3 Å². The highest BCUT2D eigenvalue weighted by Gasteiger charge is 2.24. The van der Waals surface area contributed by atoms with E-state index in [9.17, 15) is 9.59 Å². The number of anilines is 2. The number of H-pyrrole nitrogens is 1. The average molecular weight is 564 g/mol. The van der Waals surface area contributed by atoms with E-state index in [1.165, 1.54) is 0 Å².